The number of carbonyl (C=O) groups excluding carboxylic acids is 2. The maximum atomic E-state index is 12.2. The number of anilines is 1. The Kier molecular flexibility index (Phi) is 5.25. The maximum absolute atomic E-state index is 12.2. The number of hydrogen-bond donors (Lipinski definition) is 1. The number of carbonyl (C=O) groups is 2. The molecular formula is C16H23N3O3. The summed E-state index contributed by atoms with van der Waals surface area (Å²) in [5.74, 6) is 0.390. The van der Waals surface area contributed by atoms with Crippen LogP contribution in [0.15, 0.2) is 18.2 Å². The third kappa shape index (κ3) is 4.13. The molecule has 6 heteroatoms. The van der Waals surface area contributed by atoms with Gasteiger partial charge in [-0.15, -0.1) is 0 Å². The number of benzene rings is 1. The van der Waals surface area contributed by atoms with Gasteiger partial charge >= 0.3 is 6.03 Å². The van der Waals surface area contributed by atoms with Crippen LogP contribution in [-0.4, -0.2) is 55.5 Å². The minimum absolute atomic E-state index is 0.0525. The van der Waals surface area contributed by atoms with Crippen molar-refractivity contribution in [1.82, 2.24) is 9.80 Å². The molecule has 1 aliphatic rings. The van der Waals surface area contributed by atoms with E-state index < -0.39 is 0 Å². The average molecular weight is 305 g/mol. The Labute approximate surface area is 131 Å². The number of hydrogen-bond acceptors (Lipinski definition) is 3. The highest BCUT2D eigenvalue weighted by molar-refractivity contribution is 5.91. The second-order valence-electron chi connectivity index (χ2n) is 5.70. The Morgan fingerprint density at radius 1 is 1.27 bits per heavy atom. The Bertz CT molecular complexity index is 552. The van der Waals surface area contributed by atoms with E-state index in [9.17, 15) is 9.59 Å². The molecule has 3 amide bonds. The fourth-order valence-electron chi connectivity index (χ4n) is 2.24. The van der Waals surface area contributed by atoms with Crippen molar-refractivity contribution in [2.45, 2.75) is 19.8 Å². The lowest BCUT2D eigenvalue weighted by molar-refractivity contribution is -0.130. The van der Waals surface area contributed by atoms with Crippen molar-refractivity contribution >= 4 is 17.6 Å². The fraction of sp³-hybridized carbons (Fsp3) is 0.500. The molecule has 1 fully saturated rings. The van der Waals surface area contributed by atoms with Crippen molar-refractivity contribution in [3.8, 4) is 5.75 Å². The molecule has 0 spiro atoms. The second kappa shape index (κ2) is 7.15. The van der Waals surface area contributed by atoms with Crippen molar-refractivity contribution < 1.29 is 14.3 Å². The van der Waals surface area contributed by atoms with Crippen LogP contribution in [0.3, 0.4) is 0 Å². The highest BCUT2D eigenvalue weighted by Gasteiger charge is 2.19. The molecule has 1 aromatic rings. The van der Waals surface area contributed by atoms with E-state index in [0.29, 0.717) is 11.4 Å². The molecular weight excluding hydrogens is 282 g/mol. The van der Waals surface area contributed by atoms with Gasteiger partial charge in [0.1, 0.15) is 5.75 Å². The van der Waals surface area contributed by atoms with E-state index >= 15 is 0 Å². The number of aryl methyl sites for hydroxylation is 1. The highest BCUT2D eigenvalue weighted by atomic mass is 16.5. The van der Waals surface area contributed by atoms with Gasteiger partial charge in [0.05, 0.1) is 5.69 Å². The lowest BCUT2D eigenvalue weighted by atomic mass is 10.2. The third-order valence-corrected chi connectivity index (χ3v) is 3.62. The number of rotatable bonds is 4. The standard InChI is InChI=1S/C16H23N3O3/c1-12-6-7-13(17-16(21)19-8-4-5-9-19)14(10-12)22-11-15(20)18(2)3/h6-7,10H,4-5,8-9,11H2,1-3H3,(H,17,21). The van der Waals surface area contributed by atoms with Gasteiger partial charge in [-0.3, -0.25) is 4.79 Å². The molecule has 1 aromatic carbocycles. The van der Waals surface area contributed by atoms with Crippen LogP contribution in [0.4, 0.5) is 10.5 Å². The van der Waals surface area contributed by atoms with Crippen molar-refractivity contribution in [3.63, 3.8) is 0 Å². The molecule has 0 aromatic heterocycles. The molecule has 6 nitrogen and oxygen atoms in total. The zero-order valence-electron chi connectivity index (χ0n) is 13.4. The second-order valence-corrected chi connectivity index (χ2v) is 5.70. The van der Waals surface area contributed by atoms with E-state index in [2.05, 4.69) is 5.32 Å². The molecule has 0 bridgehead atoms. The molecule has 0 aliphatic carbocycles. The number of ether oxygens (including phenoxy) is 1. The van der Waals surface area contributed by atoms with E-state index in [1.54, 1.807) is 25.1 Å². The zero-order chi connectivity index (χ0) is 16.1. The highest BCUT2D eigenvalue weighted by Crippen LogP contribution is 2.26. The summed E-state index contributed by atoms with van der Waals surface area (Å²) in [7, 11) is 3.36. The first-order valence-corrected chi connectivity index (χ1v) is 7.47. The van der Waals surface area contributed by atoms with Crippen LogP contribution in [0.5, 0.6) is 5.75 Å². The van der Waals surface area contributed by atoms with Crippen LogP contribution in [0, 0.1) is 6.92 Å². The summed E-state index contributed by atoms with van der Waals surface area (Å²) >= 11 is 0. The number of nitrogens with one attached hydrogen (secondary N) is 1. The van der Waals surface area contributed by atoms with Gasteiger partial charge in [0.2, 0.25) is 0 Å². The first-order chi connectivity index (χ1) is 10.5. The van der Waals surface area contributed by atoms with Gasteiger partial charge in [-0.2, -0.15) is 0 Å². The minimum atomic E-state index is -0.127. The lowest BCUT2D eigenvalue weighted by Gasteiger charge is -2.19. The molecule has 0 saturated carbocycles. The lowest BCUT2D eigenvalue weighted by Crippen LogP contribution is -2.32. The molecule has 0 unspecified atom stereocenters. The summed E-state index contributed by atoms with van der Waals surface area (Å²) < 4.78 is 5.58. The summed E-state index contributed by atoms with van der Waals surface area (Å²) in [6.45, 7) is 3.45. The summed E-state index contributed by atoms with van der Waals surface area (Å²) in [5, 5.41) is 2.87. The zero-order valence-corrected chi connectivity index (χ0v) is 13.4. The molecule has 22 heavy (non-hydrogen) atoms. The average Bonchev–Trinajstić information content (AvgIpc) is 3.01. The Hall–Kier alpha value is -2.24. The van der Waals surface area contributed by atoms with Crippen LogP contribution >= 0.6 is 0 Å². The molecule has 2 rings (SSSR count). The number of likely N-dealkylation sites (N-methyl/N-ethyl adjacent to an activating group) is 1. The Morgan fingerprint density at radius 2 is 1.95 bits per heavy atom. The van der Waals surface area contributed by atoms with Gasteiger partial charge in [0.15, 0.2) is 6.61 Å². The first-order valence-electron chi connectivity index (χ1n) is 7.47. The van der Waals surface area contributed by atoms with Gasteiger partial charge in [-0.05, 0) is 37.5 Å². The molecule has 1 heterocycles. The monoisotopic (exact) mass is 305 g/mol. The van der Waals surface area contributed by atoms with Crippen molar-refractivity contribution in [3.05, 3.63) is 23.8 Å². The Morgan fingerprint density at radius 3 is 2.59 bits per heavy atom. The molecule has 0 atom stereocenters. The topological polar surface area (TPSA) is 61.9 Å². The van der Waals surface area contributed by atoms with Crippen molar-refractivity contribution in [2.24, 2.45) is 0 Å². The van der Waals surface area contributed by atoms with Crippen LogP contribution in [0.2, 0.25) is 0 Å². The van der Waals surface area contributed by atoms with Gasteiger partial charge < -0.3 is 19.9 Å². The maximum Gasteiger partial charge on any atom is 0.321 e. The van der Waals surface area contributed by atoms with E-state index in [1.807, 2.05) is 19.1 Å². The quantitative estimate of drug-likeness (QED) is 0.926. The van der Waals surface area contributed by atoms with Crippen LogP contribution in [0.25, 0.3) is 0 Å². The fourth-order valence-corrected chi connectivity index (χ4v) is 2.24. The predicted octanol–water partition coefficient (Wildman–Crippen LogP) is 2.09. The Balaban J connectivity index is 2.06. The molecule has 120 valence electrons. The summed E-state index contributed by atoms with van der Waals surface area (Å²) in [6, 6.07) is 5.41. The molecule has 1 saturated heterocycles. The van der Waals surface area contributed by atoms with Crippen LogP contribution < -0.4 is 10.1 Å². The van der Waals surface area contributed by atoms with Crippen LogP contribution in [-0.2, 0) is 4.79 Å². The van der Waals surface area contributed by atoms with E-state index in [4.69, 9.17) is 4.74 Å². The first kappa shape index (κ1) is 16.1. The molecule has 1 N–H and O–H groups in total. The van der Waals surface area contributed by atoms with Crippen molar-refractivity contribution in [2.75, 3.05) is 39.1 Å². The minimum Gasteiger partial charge on any atom is -0.482 e. The number of urea groups is 1. The van der Waals surface area contributed by atoms with E-state index in [-0.39, 0.29) is 18.5 Å². The summed E-state index contributed by atoms with van der Waals surface area (Å²) in [4.78, 5) is 27.1. The SMILES string of the molecule is Cc1ccc(NC(=O)N2CCCC2)c(OCC(=O)N(C)C)c1. The number of amides is 3. The van der Waals surface area contributed by atoms with E-state index in [1.165, 1.54) is 4.90 Å². The molecule has 1 aliphatic heterocycles. The predicted molar refractivity (Wildman–Crippen MR) is 85.2 cm³/mol. The smallest absolute Gasteiger partial charge is 0.321 e. The summed E-state index contributed by atoms with van der Waals surface area (Å²) in [6.07, 6.45) is 2.09. The third-order valence-electron chi connectivity index (χ3n) is 3.62. The van der Waals surface area contributed by atoms with Gasteiger partial charge in [0, 0.05) is 27.2 Å². The van der Waals surface area contributed by atoms with Gasteiger partial charge in [-0.1, -0.05) is 6.07 Å². The van der Waals surface area contributed by atoms with Gasteiger partial charge in [-0.25, -0.2) is 4.79 Å². The largest absolute Gasteiger partial charge is 0.482 e. The van der Waals surface area contributed by atoms with Crippen molar-refractivity contribution in [1.29, 1.82) is 0 Å². The van der Waals surface area contributed by atoms with E-state index in [0.717, 1.165) is 31.5 Å². The van der Waals surface area contributed by atoms with Crippen LogP contribution in [0.1, 0.15) is 18.4 Å². The number of nitrogens with zero attached hydrogens (tertiary/aromatic N) is 2. The number of likely N-dealkylation sites (tertiary alicyclic amines) is 1. The molecule has 0 radical (unpaired) electrons. The summed E-state index contributed by atoms with van der Waals surface area (Å²) in [5.41, 5.74) is 1.60. The normalized spacial score (nSPS) is 13.9. The van der Waals surface area contributed by atoms with Gasteiger partial charge in [0.25, 0.3) is 5.91 Å².